The quantitative estimate of drug-likeness (QED) is 0.803. The van der Waals surface area contributed by atoms with Crippen LogP contribution >= 0.6 is 0 Å². The second kappa shape index (κ2) is 8.17. The van der Waals surface area contributed by atoms with Gasteiger partial charge in [0.05, 0.1) is 11.8 Å². The van der Waals surface area contributed by atoms with Crippen molar-refractivity contribution in [2.75, 3.05) is 11.9 Å². The van der Waals surface area contributed by atoms with Gasteiger partial charge >= 0.3 is 0 Å². The standard InChI is InChI=1S/C22H26N2O2/c1-3-17-11-7-8-15(2)20(17)24-22(26)19-14-18(19)21(25)23-13-12-16-9-5-4-6-10-16/h4-11,18-19H,3,12-14H2,1-2H3,(H,23,25)(H,24,26). The van der Waals surface area contributed by atoms with Crippen molar-refractivity contribution >= 4 is 17.5 Å². The van der Waals surface area contributed by atoms with E-state index >= 15 is 0 Å². The molecule has 26 heavy (non-hydrogen) atoms. The van der Waals surface area contributed by atoms with Gasteiger partial charge in [-0.25, -0.2) is 0 Å². The first-order valence-corrected chi connectivity index (χ1v) is 9.31. The van der Waals surface area contributed by atoms with Gasteiger partial charge in [0.1, 0.15) is 0 Å². The summed E-state index contributed by atoms with van der Waals surface area (Å²) in [5.41, 5.74) is 4.28. The van der Waals surface area contributed by atoms with Crippen LogP contribution in [0.2, 0.25) is 0 Å². The van der Waals surface area contributed by atoms with Crippen LogP contribution in [0.5, 0.6) is 0 Å². The Hall–Kier alpha value is -2.62. The highest BCUT2D eigenvalue weighted by Crippen LogP contribution is 2.40. The third kappa shape index (κ3) is 4.31. The molecule has 2 aromatic rings. The van der Waals surface area contributed by atoms with Crippen molar-refractivity contribution in [2.45, 2.75) is 33.1 Å². The van der Waals surface area contributed by atoms with Crippen molar-refractivity contribution in [3.05, 3.63) is 65.2 Å². The van der Waals surface area contributed by atoms with Crippen molar-refractivity contribution in [3.63, 3.8) is 0 Å². The number of benzene rings is 2. The molecule has 2 atom stereocenters. The van der Waals surface area contributed by atoms with Gasteiger partial charge in [-0.3, -0.25) is 9.59 Å². The fraction of sp³-hybridized carbons (Fsp3) is 0.364. The van der Waals surface area contributed by atoms with E-state index in [1.54, 1.807) is 0 Å². The predicted molar refractivity (Wildman–Crippen MR) is 104 cm³/mol. The average molecular weight is 350 g/mol. The van der Waals surface area contributed by atoms with E-state index in [0.717, 1.165) is 29.7 Å². The van der Waals surface area contributed by atoms with Gasteiger partial charge in [0, 0.05) is 12.2 Å². The monoisotopic (exact) mass is 350 g/mol. The van der Waals surface area contributed by atoms with Crippen molar-refractivity contribution in [1.29, 1.82) is 0 Å². The molecule has 2 amide bonds. The fourth-order valence-corrected chi connectivity index (χ4v) is 3.30. The molecule has 2 unspecified atom stereocenters. The van der Waals surface area contributed by atoms with Crippen LogP contribution in [0, 0.1) is 18.8 Å². The highest BCUT2D eigenvalue weighted by atomic mass is 16.2. The molecule has 0 heterocycles. The van der Waals surface area contributed by atoms with Crippen LogP contribution in [0.15, 0.2) is 48.5 Å². The number of amides is 2. The molecule has 0 saturated heterocycles. The average Bonchev–Trinajstić information content (AvgIpc) is 3.45. The Kier molecular flexibility index (Phi) is 5.71. The van der Waals surface area contributed by atoms with E-state index in [0.29, 0.717) is 13.0 Å². The first kappa shape index (κ1) is 18.2. The summed E-state index contributed by atoms with van der Waals surface area (Å²) in [6, 6.07) is 16.1. The lowest BCUT2D eigenvalue weighted by Gasteiger charge is -2.13. The summed E-state index contributed by atoms with van der Waals surface area (Å²) in [6.07, 6.45) is 2.31. The minimum absolute atomic E-state index is 0.0124. The normalized spacial score (nSPS) is 18.2. The topological polar surface area (TPSA) is 58.2 Å². The van der Waals surface area contributed by atoms with Crippen LogP contribution < -0.4 is 10.6 Å². The van der Waals surface area contributed by atoms with Crippen LogP contribution in [-0.4, -0.2) is 18.4 Å². The number of para-hydroxylation sites is 1. The van der Waals surface area contributed by atoms with Crippen molar-refractivity contribution < 1.29 is 9.59 Å². The lowest BCUT2D eigenvalue weighted by atomic mass is 10.1. The van der Waals surface area contributed by atoms with Gasteiger partial charge in [-0.15, -0.1) is 0 Å². The van der Waals surface area contributed by atoms with Crippen molar-refractivity contribution in [3.8, 4) is 0 Å². The molecule has 3 rings (SSSR count). The summed E-state index contributed by atoms with van der Waals surface area (Å²) in [6.45, 7) is 4.67. The zero-order valence-corrected chi connectivity index (χ0v) is 15.4. The molecule has 1 fully saturated rings. The van der Waals surface area contributed by atoms with Gasteiger partial charge in [-0.1, -0.05) is 55.5 Å². The number of hydrogen-bond donors (Lipinski definition) is 2. The maximum absolute atomic E-state index is 12.5. The number of rotatable bonds is 7. The Balaban J connectivity index is 1.49. The van der Waals surface area contributed by atoms with Crippen molar-refractivity contribution in [1.82, 2.24) is 5.32 Å². The molecular weight excluding hydrogens is 324 g/mol. The third-order valence-electron chi connectivity index (χ3n) is 5.01. The summed E-state index contributed by atoms with van der Waals surface area (Å²) < 4.78 is 0. The largest absolute Gasteiger partial charge is 0.356 e. The Morgan fingerprint density at radius 2 is 1.73 bits per heavy atom. The molecule has 2 N–H and O–H groups in total. The van der Waals surface area contributed by atoms with Crippen LogP contribution in [0.4, 0.5) is 5.69 Å². The Morgan fingerprint density at radius 1 is 1.00 bits per heavy atom. The summed E-state index contributed by atoms with van der Waals surface area (Å²) in [4.78, 5) is 24.8. The summed E-state index contributed by atoms with van der Waals surface area (Å²) >= 11 is 0. The van der Waals surface area contributed by atoms with Crippen LogP contribution in [0.25, 0.3) is 0 Å². The Bertz CT molecular complexity index is 786. The molecular formula is C22H26N2O2. The highest BCUT2D eigenvalue weighted by Gasteiger charge is 2.48. The van der Waals surface area contributed by atoms with Gasteiger partial charge in [0.2, 0.25) is 11.8 Å². The molecule has 0 radical (unpaired) electrons. The molecule has 0 aromatic heterocycles. The molecule has 4 nitrogen and oxygen atoms in total. The van der Waals surface area contributed by atoms with E-state index in [1.165, 1.54) is 5.56 Å². The second-order valence-corrected chi connectivity index (χ2v) is 6.93. The summed E-state index contributed by atoms with van der Waals surface area (Å²) in [7, 11) is 0. The molecule has 0 aliphatic heterocycles. The first-order chi connectivity index (χ1) is 12.6. The van der Waals surface area contributed by atoms with Gasteiger partial charge in [0.15, 0.2) is 0 Å². The van der Waals surface area contributed by atoms with Gasteiger partial charge in [-0.05, 0) is 42.9 Å². The van der Waals surface area contributed by atoms with Crippen LogP contribution in [0.3, 0.4) is 0 Å². The lowest BCUT2D eigenvalue weighted by molar-refractivity contribution is -0.125. The molecule has 2 aromatic carbocycles. The molecule has 1 saturated carbocycles. The van der Waals surface area contributed by atoms with E-state index in [9.17, 15) is 9.59 Å². The van der Waals surface area contributed by atoms with E-state index in [2.05, 4.69) is 17.6 Å². The minimum atomic E-state index is -0.212. The highest BCUT2D eigenvalue weighted by molar-refractivity contribution is 6.00. The number of carbonyl (C=O) groups excluding carboxylic acids is 2. The molecule has 1 aliphatic carbocycles. The van der Waals surface area contributed by atoms with E-state index < -0.39 is 0 Å². The van der Waals surface area contributed by atoms with Gasteiger partial charge < -0.3 is 10.6 Å². The molecule has 136 valence electrons. The lowest BCUT2D eigenvalue weighted by Crippen LogP contribution is -2.29. The zero-order valence-electron chi connectivity index (χ0n) is 15.4. The fourth-order valence-electron chi connectivity index (χ4n) is 3.30. The molecule has 4 heteroatoms. The van der Waals surface area contributed by atoms with Crippen LogP contribution in [-0.2, 0) is 22.4 Å². The number of aryl methyl sites for hydroxylation is 2. The molecule has 1 aliphatic rings. The van der Waals surface area contributed by atoms with E-state index in [-0.39, 0.29) is 23.7 Å². The van der Waals surface area contributed by atoms with Crippen molar-refractivity contribution in [2.24, 2.45) is 11.8 Å². The van der Waals surface area contributed by atoms with Crippen LogP contribution in [0.1, 0.15) is 30.0 Å². The molecule has 0 bridgehead atoms. The smallest absolute Gasteiger partial charge is 0.228 e. The molecule has 0 spiro atoms. The maximum atomic E-state index is 12.5. The maximum Gasteiger partial charge on any atom is 0.228 e. The number of carbonyl (C=O) groups is 2. The number of anilines is 1. The first-order valence-electron chi connectivity index (χ1n) is 9.31. The Labute approximate surface area is 155 Å². The van der Waals surface area contributed by atoms with E-state index in [4.69, 9.17) is 0 Å². The number of nitrogens with one attached hydrogen (secondary N) is 2. The third-order valence-corrected chi connectivity index (χ3v) is 5.01. The Morgan fingerprint density at radius 3 is 2.46 bits per heavy atom. The summed E-state index contributed by atoms with van der Waals surface area (Å²) in [5, 5.41) is 6.00. The zero-order chi connectivity index (χ0) is 18.5. The van der Waals surface area contributed by atoms with Gasteiger partial charge in [-0.2, -0.15) is 0 Å². The number of hydrogen-bond acceptors (Lipinski definition) is 2. The SMILES string of the molecule is CCc1cccc(C)c1NC(=O)C1CC1C(=O)NCCc1ccccc1. The summed E-state index contributed by atoms with van der Waals surface area (Å²) in [5.74, 6) is -0.463. The van der Waals surface area contributed by atoms with Gasteiger partial charge in [0.25, 0.3) is 0 Å². The second-order valence-electron chi connectivity index (χ2n) is 6.93. The minimum Gasteiger partial charge on any atom is -0.356 e. The van der Waals surface area contributed by atoms with E-state index in [1.807, 2.05) is 55.5 Å². The predicted octanol–water partition coefficient (Wildman–Crippen LogP) is 3.49.